The predicted molar refractivity (Wildman–Crippen MR) is 62.6 cm³/mol. The van der Waals surface area contributed by atoms with Crippen LogP contribution in [-0.4, -0.2) is 38.1 Å². The van der Waals surface area contributed by atoms with Crippen molar-refractivity contribution in [2.75, 3.05) is 27.2 Å². The lowest BCUT2D eigenvalue weighted by atomic mass is 9.81. The zero-order chi connectivity index (χ0) is 10.4. The molecule has 2 heteroatoms. The monoisotopic (exact) mass is 198 g/mol. The summed E-state index contributed by atoms with van der Waals surface area (Å²) in [6, 6.07) is 0.718. The Morgan fingerprint density at radius 1 is 1.36 bits per heavy atom. The molecule has 0 aliphatic heterocycles. The topological polar surface area (TPSA) is 15.3 Å². The fourth-order valence-electron chi connectivity index (χ4n) is 2.14. The van der Waals surface area contributed by atoms with Crippen LogP contribution in [-0.2, 0) is 0 Å². The third kappa shape index (κ3) is 4.43. The highest BCUT2D eigenvalue weighted by Crippen LogP contribution is 2.30. The van der Waals surface area contributed by atoms with E-state index in [0.29, 0.717) is 0 Å². The molecular weight excluding hydrogens is 172 g/mol. The summed E-state index contributed by atoms with van der Waals surface area (Å²) in [5.41, 5.74) is 0. The van der Waals surface area contributed by atoms with Crippen molar-refractivity contribution in [1.82, 2.24) is 10.2 Å². The van der Waals surface area contributed by atoms with Crippen LogP contribution in [0.15, 0.2) is 0 Å². The Hall–Kier alpha value is -0.0800. The van der Waals surface area contributed by atoms with Gasteiger partial charge in [-0.15, -0.1) is 0 Å². The zero-order valence-corrected chi connectivity index (χ0v) is 10.1. The highest BCUT2D eigenvalue weighted by atomic mass is 15.1. The quantitative estimate of drug-likeness (QED) is 0.674. The summed E-state index contributed by atoms with van der Waals surface area (Å²) in [6.45, 7) is 4.60. The van der Waals surface area contributed by atoms with Gasteiger partial charge in [-0.3, -0.25) is 0 Å². The predicted octanol–water partition coefficient (Wildman–Crippen LogP) is 2.11. The smallest absolute Gasteiger partial charge is 0.0197 e. The summed E-state index contributed by atoms with van der Waals surface area (Å²) in [5.74, 6) is 1.02. The summed E-state index contributed by atoms with van der Waals surface area (Å²) < 4.78 is 0. The molecule has 1 aliphatic carbocycles. The van der Waals surface area contributed by atoms with Crippen molar-refractivity contribution < 1.29 is 0 Å². The van der Waals surface area contributed by atoms with Gasteiger partial charge in [-0.05, 0) is 39.4 Å². The molecule has 0 heterocycles. The molecule has 0 spiro atoms. The van der Waals surface area contributed by atoms with E-state index in [9.17, 15) is 0 Å². The summed E-state index contributed by atoms with van der Waals surface area (Å²) in [6.07, 6.45) is 7.04. The second kappa shape index (κ2) is 6.41. The molecule has 1 unspecified atom stereocenters. The van der Waals surface area contributed by atoms with E-state index < -0.39 is 0 Å². The molecule has 84 valence electrons. The normalized spacial score (nSPS) is 19.7. The Morgan fingerprint density at radius 2 is 2.07 bits per heavy atom. The molecule has 0 radical (unpaired) electrons. The number of nitrogens with zero attached hydrogens (tertiary/aromatic N) is 1. The minimum Gasteiger partial charge on any atom is -0.313 e. The van der Waals surface area contributed by atoms with Gasteiger partial charge in [0.1, 0.15) is 0 Å². The van der Waals surface area contributed by atoms with Crippen molar-refractivity contribution in [3.63, 3.8) is 0 Å². The lowest BCUT2D eigenvalue weighted by Crippen LogP contribution is -2.40. The van der Waals surface area contributed by atoms with E-state index in [1.165, 1.54) is 45.2 Å². The molecule has 0 aromatic carbocycles. The maximum atomic E-state index is 3.66. The van der Waals surface area contributed by atoms with Gasteiger partial charge in [0.25, 0.3) is 0 Å². The van der Waals surface area contributed by atoms with Gasteiger partial charge in [-0.1, -0.05) is 26.2 Å². The van der Waals surface area contributed by atoms with Crippen LogP contribution in [0, 0.1) is 5.92 Å². The molecule has 14 heavy (non-hydrogen) atoms. The number of hydrogen-bond donors (Lipinski definition) is 1. The van der Waals surface area contributed by atoms with Gasteiger partial charge in [0.2, 0.25) is 0 Å². The van der Waals surface area contributed by atoms with Crippen LogP contribution in [0.1, 0.15) is 39.0 Å². The minimum atomic E-state index is 0.718. The van der Waals surface area contributed by atoms with Gasteiger partial charge >= 0.3 is 0 Å². The van der Waals surface area contributed by atoms with Crippen molar-refractivity contribution in [3.8, 4) is 0 Å². The number of nitrogens with one attached hydrogen (secondary N) is 1. The van der Waals surface area contributed by atoms with Crippen LogP contribution in [0.5, 0.6) is 0 Å². The van der Waals surface area contributed by atoms with Gasteiger partial charge in [0.15, 0.2) is 0 Å². The molecule has 0 bridgehead atoms. The lowest BCUT2D eigenvalue weighted by Gasteiger charge is -2.31. The van der Waals surface area contributed by atoms with Crippen LogP contribution in [0.25, 0.3) is 0 Å². The van der Waals surface area contributed by atoms with Gasteiger partial charge in [0.05, 0.1) is 0 Å². The van der Waals surface area contributed by atoms with Crippen LogP contribution < -0.4 is 5.32 Å². The fraction of sp³-hybridized carbons (Fsp3) is 1.00. The number of rotatable bonds is 7. The van der Waals surface area contributed by atoms with Crippen molar-refractivity contribution in [2.24, 2.45) is 5.92 Å². The van der Waals surface area contributed by atoms with Gasteiger partial charge in [-0.25, -0.2) is 0 Å². The minimum absolute atomic E-state index is 0.718. The molecule has 0 amide bonds. The molecule has 0 aromatic rings. The van der Waals surface area contributed by atoms with E-state index in [1.807, 2.05) is 0 Å². The average molecular weight is 198 g/mol. The Bertz CT molecular complexity index is 141. The summed E-state index contributed by atoms with van der Waals surface area (Å²) in [5, 5.41) is 3.66. The Labute approximate surface area is 89.1 Å². The molecule has 0 aromatic heterocycles. The SMILES string of the molecule is CCCNC(CC1CCC1)CN(C)C. The number of likely N-dealkylation sites (N-methyl/N-ethyl adjacent to an activating group) is 1. The standard InChI is InChI=1S/C12H26N2/c1-4-8-13-12(10-14(2)3)9-11-6-5-7-11/h11-13H,4-10H2,1-3H3. The van der Waals surface area contributed by atoms with E-state index in [1.54, 1.807) is 0 Å². The maximum Gasteiger partial charge on any atom is 0.0197 e. The largest absolute Gasteiger partial charge is 0.313 e. The molecule has 1 rings (SSSR count). The van der Waals surface area contributed by atoms with Crippen LogP contribution in [0.3, 0.4) is 0 Å². The highest BCUT2D eigenvalue weighted by molar-refractivity contribution is 4.78. The first-order valence-electron chi connectivity index (χ1n) is 6.10. The van der Waals surface area contributed by atoms with Crippen molar-refractivity contribution in [2.45, 2.75) is 45.1 Å². The van der Waals surface area contributed by atoms with Gasteiger partial charge in [0, 0.05) is 12.6 Å². The molecule has 1 aliphatic rings. The second-order valence-electron chi connectivity index (χ2n) is 4.95. The average Bonchev–Trinajstić information content (AvgIpc) is 2.05. The summed E-state index contributed by atoms with van der Waals surface area (Å²) >= 11 is 0. The van der Waals surface area contributed by atoms with E-state index >= 15 is 0 Å². The molecule has 1 N–H and O–H groups in total. The summed E-state index contributed by atoms with van der Waals surface area (Å²) in [7, 11) is 4.34. The third-order valence-electron chi connectivity index (χ3n) is 3.11. The second-order valence-corrected chi connectivity index (χ2v) is 4.95. The van der Waals surface area contributed by atoms with Crippen LogP contribution in [0.2, 0.25) is 0 Å². The Balaban J connectivity index is 2.19. The maximum absolute atomic E-state index is 3.66. The van der Waals surface area contributed by atoms with Gasteiger partial charge < -0.3 is 10.2 Å². The van der Waals surface area contributed by atoms with E-state index in [2.05, 4.69) is 31.2 Å². The van der Waals surface area contributed by atoms with E-state index in [4.69, 9.17) is 0 Å². The first-order valence-corrected chi connectivity index (χ1v) is 6.10. The van der Waals surface area contributed by atoms with Crippen molar-refractivity contribution >= 4 is 0 Å². The summed E-state index contributed by atoms with van der Waals surface area (Å²) in [4.78, 5) is 2.30. The third-order valence-corrected chi connectivity index (χ3v) is 3.11. The van der Waals surface area contributed by atoms with Crippen LogP contribution in [0.4, 0.5) is 0 Å². The molecule has 0 saturated heterocycles. The fourth-order valence-corrected chi connectivity index (χ4v) is 2.14. The zero-order valence-electron chi connectivity index (χ0n) is 10.1. The molecule has 1 atom stereocenters. The Morgan fingerprint density at radius 3 is 2.50 bits per heavy atom. The first-order chi connectivity index (χ1) is 6.72. The van der Waals surface area contributed by atoms with E-state index in [0.717, 1.165) is 12.0 Å². The first kappa shape index (κ1) is 12.0. The van der Waals surface area contributed by atoms with Crippen LogP contribution >= 0.6 is 0 Å². The molecule has 1 saturated carbocycles. The van der Waals surface area contributed by atoms with Crippen molar-refractivity contribution in [1.29, 1.82) is 0 Å². The Kier molecular flexibility index (Phi) is 5.49. The van der Waals surface area contributed by atoms with E-state index in [-0.39, 0.29) is 0 Å². The highest BCUT2D eigenvalue weighted by Gasteiger charge is 2.21. The molecular formula is C12H26N2. The molecule has 2 nitrogen and oxygen atoms in total. The van der Waals surface area contributed by atoms with Crippen molar-refractivity contribution in [3.05, 3.63) is 0 Å². The molecule has 1 fully saturated rings. The van der Waals surface area contributed by atoms with Gasteiger partial charge in [-0.2, -0.15) is 0 Å². The number of hydrogen-bond acceptors (Lipinski definition) is 2. The lowest BCUT2D eigenvalue weighted by molar-refractivity contribution is 0.232.